The molecule has 1 saturated carbocycles. The lowest BCUT2D eigenvalue weighted by atomic mass is 9.85. The van der Waals surface area contributed by atoms with Gasteiger partial charge in [-0.2, -0.15) is 0 Å². The van der Waals surface area contributed by atoms with Crippen LogP contribution < -0.4 is 0 Å². The highest BCUT2D eigenvalue weighted by Crippen LogP contribution is 2.30. The number of rotatable bonds is 2. The van der Waals surface area contributed by atoms with Gasteiger partial charge in [-0.25, -0.2) is 14.5 Å². The topological polar surface area (TPSA) is 66.8 Å². The van der Waals surface area contributed by atoms with E-state index >= 15 is 0 Å². The highest BCUT2D eigenvalue weighted by molar-refractivity contribution is 5.88. The molecule has 1 unspecified atom stereocenters. The molecule has 0 aromatic carbocycles. The van der Waals surface area contributed by atoms with Crippen molar-refractivity contribution in [2.75, 3.05) is 6.61 Å². The van der Waals surface area contributed by atoms with Gasteiger partial charge in [-0.3, -0.25) is 0 Å². The van der Waals surface area contributed by atoms with Crippen molar-refractivity contribution in [2.45, 2.75) is 44.6 Å². The van der Waals surface area contributed by atoms with E-state index in [4.69, 9.17) is 9.84 Å². The van der Waals surface area contributed by atoms with Crippen LogP contribution in [0.1, 0.15) is 38.5 Å². The first-order valence-electron chi connectivity index (χ1n) is 5.87. The van der Waals surface area contributed by atoms with Crippen LogP contribution in [0.3, 0.4) is 0 Å². The monoisotopic (exact) mass is 227 g/mol. The highest BCUT2D eigenvalue weighted by Gasteiger charge is 2.39. The minimum Gasteiger partial charge on any atom is -0.465 e. The molecule has 16 heavy (non-hydrogen) atoms. The van der Waals surface area contributed by atoms with Gasteiger partial charge in [0.2, 0.25) is 0 Å². The van der Waals surface area contributed by atoms with Gasteiger partial charge in [0.15, 0.2) is 0 Å². The van der Waals surface area contributed by atoms with E-state index in [1.165, 1.54) is 19.3 Å². The molecule has 1 aliphatic heterocycles. The molecule has 5 nitrogen and oxygen atoms in total. The number of nitrogens with zero attached hydrogens (tertiary/aromatic N) is 1. The average Bonchev–Trinajstić information content (AvgIpc) is 2.61. The number of imide groups is 1. The molecular weight excluding hydrogens is 210 g/mol. The molecule has 1 heterocycles. The number of ether oxygens (including phenoxy) is 1. The predicted octanol–water partition coefficient (Wildman–Crippen LogP) is 2.46. The minimum atomic E-state index is -1.19. The van der Waals surface area contributed by atoms with Crippen molar-refractivity contribution in [2.24, 2.45) is 5.92 Å². The summed E-state index contributed by atoms with van der Waals surface area (Å²) >= 11 is 0. The summed E-state index contributed by atoms with van der Waals surface area (Å²) < 4.78 is 4.79. The van der Waals surface area contributed by atoms with Gasteiger partial charge in [-0.05, 0) is 12.3 Å². The number of hydrogen-bond acceptors (Lipinski definition) is 3. The van der Waals surface area contributed by atoms with Crippen molar-refractivity contribution in [1.29, 1.82) is 0 Å². The second-order valence-corrected chi connectivity index (χ2v) is 4.62. The van der Waals surface area contributed by atoms with Gasteiger partial charge in [0.05, 0.1) is 6.04 Å². The van der Waals surface area contributed by atoms with E-state index in [-0.39, 0.29) is 12.6 Å². The Morgan fingerprint density at radius 1 is 1.38 bits per heavy atom. The van der Waals surface area contributed by atoms with Gasteiger partial charge in [0, 0.05) is 0 Å². The minimum absolute atomic E-state index is 0.224. The zero-order chi connectivity index (χ0) is 11.5. The van der Waals surface area contributed by atoms with E-state index in [1.54, 1.807) is 0 Å². The Morgan fingerprint density at radius 2 is 2.06 bits per heavy atom. The van der Waals surface area contributed by atoms with Gasteiger partial charge >= 0.3 is 12.2 Å². The summed E-state index contributed by atoms with van der Waals surface area (Å²) in [5, 5.41) is 8.91. The van der Waals surface area contributed by atoms with Crippen molar-refractivity contribution >= 4 is 12.2 Å². The molecule has 1 aliphatic carbocycles. The summed E-state index contributed by atoms with van der Waals surface area (Å²) in [4.78, 5) is 22.9. The van der Waals surface area contributed by atoms with Crippen LogP contribution in [0.5, 0.6) is 0 Å². The lowest BCUT2D eigenvalue weighted by molar-refractivity contribution is 0.132. The number of carboxylic acid groups (broad SMARTS) is 1. The summed E-state index contributed by atoms with van der Waals surface area (Å²) in [6.45, 7) is 0.224. The van der Waals surface area contributed by atoms with Crippen molar-refractivity contribution in [3.8, 4) is 0 Å². The second-order valence-electron chi connectivity index (χ2n) is 4.62. The highest BCUT2D eigenvalue weighted by atomic mass is 16.6. The second kappa shape index (κ2) is 4.72. The maximum absolute atomic E-state index is 11.2. The Bertz CT molecular complexity index is 286. The van der Waals surface area contributed by atoms with Crippen LogP contribution in [-0.2, 0) is 4.74 Å². The number of cyclic esters (lactones) is 1. The van der Waals surface area contributed by atoms with Crippen LogP contribution in [-0.4, -0.2) is 34.8 Å². The number of amides is 2. The summed E-state index contributed by atoms with van der Waals surface area (Å²) in [6, 6.07) is -0.270. The Balaban J connectivity index is 1.92. The lowest BCUT2D eigenvalue weighted by Gasteiger charge is -2.25. The lowest BCUT2D eigenvalue weighted by Crippen LogP contribution is -2.39. The third-order valence-electron chi connectivity index (χ3n) is 3.50. The van der Waals surface area contributed by atoms with Crippen molar-refractivity contribution in [1.82, 2.24) is 4.90 Å². The Morgan fingerprint density at radius 3 is 2.69 bits per heavy atom. The Kier molecular flexibility index (Phi) is 3.31. The van der Waals surface area contributed by atoms with Crippen LogP contribution >= 0.6 is 0 Å². The van der Waals surface area contributed by atoms with Gasteiger partial charge in [0.1, 0.15) is 6.61 Å². The molecule has 1 N–H and O–H groups in total. The first-order valence-corrected chi connectivity index (χ1v) is 5.87. The molecule has 0 aromatic rings. The number of carbonyl (C=O) groups is 2. The third-order valence-corrected chi connectivity index (χ3v) is 3.50. The maximum atomic E-state index is 11.2. The molecule has 1 saturated heterocycles. The molecule has 0 aromatic heterocycles. The molecule has 2 aliphatic rings. The summed E-state index contributed by atoms with van der Waals surface area (Å²) in [5.41, 5.74) is 0. The van der Waals surface area contributed by atoms with E-state index in [1.807, 2.05) is 0 Å². The Labute approximate surface area is 94.4 Å². The molecule has 2 rings (SSSR count). The quantitative estimate of drug-likeness (QED) is 0.786. The summed E-state index contributed by atoms with van der Waals surface area (Å²) in [7, 11) is 0. The molecular formula is C11H17NO4. The van der Waals surface area contributed by atoms with Crippen LogP contribution in [0.15, 0.2) is 0 Å². The number of hydrogen-bond donors (Lipinski definition) is 1. The van der Waals surface area contributed by atoms with E-state index in [2.05, 4.69) is 0 Å². The first-order chi connectivity index (χ1) is 7.68. The molecule has 90 valence electrons. The van der Waals surface area contributed by atoms with Gasteiger partial charge in [-0.15, -0.1) is 0 Å². The molecule has 1 atom stereocenters. The fourth-order valence-corrected chi connectivity index (χ4v) is 2.68. The number of carbonyl (C=O) groups excluding carboxylic acids is 1. The normalized spacial score (nSPS) is 26.9. The van der Waals surface area contributed by atoms with Crippen LogP contribution in [0.2, 0.25) is 0 Å². The fraction of sp³-hybridized carbons (Fsp3) is 0.818. The molecule has 0 radical (unpaired) electrons. The standard InChI is InChI=1S/C11H17NO4/c13-10(14)12-9(7-16-11(12)15)6-8-4-2-1-3-5-8/h8-9H,1-7H2,(H,13,14). The van der Waals surface area contributed by atoms with Crippen molar-refractivity contribution in [3.05, 3.63) is 0 Å². The largest absolute Gasteiger partial charge is 0.465 e. The fourth-order valence-electron chi connectivity index (χ4n) is 2.68. The molecule has 0 bridgehead atoms. The molecule has 2 amide bonds. The third kappa shape index (κ3) is 2.28. The summed E-state index contributed by atoms with van der Waals surface area (Å²) in [5.74, 6) is 0.551. The molecule has 5 heteroatoms. The zero-order valence-corrected chi connectivity index (χ0v) is 9.22. The van der Waals surface area contributed by atoms with E-state index in [0.29, 0.717) is 5.92 Å². The van der Waals surface area contributed by atoms with E-state index in [9.17, 15) is 9.59 Å². The van der Waals surface area contributed by atoms with Crippen LogP contribution in [0, 0.1) is 5.92 Å². The zero-order valence-electron chi connectivity index (χ0n) is 9.22. The van der Waals surface area contributed by atoms with E-state index in [0.717, 1.165) is 24.2 Å². The van der Waals surface area contributed by atoms with Gasteiger partial charge in [0.25, 0.3) is 0 Å². The van der Waals surface area contributed by atoms with Gasteiger partial charge in [-0.1, -0.05) is 32.1 Å². The predicted molar refractivity (Wildman–Crippen MR) is 56.2 cm³/mol. The van der Waals surface area contributed by atoms with Crippen molar-refractivity contribution in [3.63, 3.8) is 0 Å². The van der Waals surface area contributed by atoms with Crippen LogP contribution in [0.25, 0.3) is 0 Å². The molecule has 0 spiro atoms. The van der Waals surface area contributed by atoms with E-state index < -0.39 is 12.2 Å². The van der Waals surface area contributed by atoms with Gasteiger partial charge < -0.3 is 9.84 Å². The Hall–Kier alpha value is -1.26. The first kappa shape index (κ1) is 11.2. The SMILES string of the molecule is O=C(O)N1C(=O)OCC1CC1CCCCC1. The summed E-state index contributed by atoms with van der Waals surface area (Å²) in [6.07, 6.45) is 4.88. The average molecular weight is 227 g/mol. The smallest absolute Gasteiger partial charge is 0.419 e. The van der Waals surface area contributed by atoms with Crippen LogP contribution in [0.4, 0.5) is 9.59 Å². The molecule has 2 fully saturated rings. The maximum Gasteiger partial charge on any atom is 0.419 e. The van der Waals surface area contributed by atoms with Crippen molar-refractivity contribution < 1.29 is 19.4 Å².